The van der Waals surface area contributed by atoms with E-state index in [-0.39, 0.29) is 5.56 Å². The second kappa shape index (κ2) is 5.58. The van der Waals surface area contributed by atoms with Gasteiger partial charge in [0, 0.05) is 29.6 Å². The molecular formula is C16H13N3O2. The third kappa shape index (κ3) is 2.81. The summed E-state index contributed by atoms with van der Waals surface area (Å²) in [7, 11) is 1.61. The smallest absolute Gasteiger partial charge is 0.251 e. The van der Waals surface area contributed by atoms with E-state index in [1.807, 2.05) is 36.4 Å². The standard InChI is InChI=1S/C16H13N3O2/c1-21-13-4-2-12(3-5-13)16-18-14(10-15(20)19-16)11-6-8-17-9-7-11/h2-10H,1H3,(H,18,19,20). The van der Waals surface area contributed by atoms with Crippen LogP contribution in [0.25, 0.3) is 22.6 Å². The highest BCUT2D eigenvalue weighted by molar-refractivity contribution is 5.63. The summed E-state index contributed by atoms with van der Waals surface area (Å²) >= 11 is 0. The highest BCUT2D eigenvalue weighted by Crippen LogP contribution is 2.21. The van der Waals surface area contributed by atoms with Gasteiger partial charge in [0.15, 0.2) is 0 Å². The summed E-state index contributed by atoms with van der Waals surface area (Å²) in [5, 5.41) is 0. The molecule has 0 fully saturated rings. The SMILES string of the molecule is COc1ccc(-c2nc(-c3ccncc3)cc(=O)[nH]2)cc1. The van der Waals surface area contributed by atoms with Gasteiger partial charge < -0.3 is 9.72 Å². The Morgan fingerprint density at radius 3 is 2.38 bits per heavy atom. The highest BCUT2D eigenvalue weighted by atomic mass is 16.5. The number of H-pyrrole nitrogens is 1. The van der Waals surface area contributed by atoms with Gasteiger partial charge in [-0.25, -0.2) is 4.98 Å². The Labute approximate surface area is 121 Å². The fraction of sp³-hybridized carbons (Fsp3) is 0.0625. The Balaban J connectivity index is 2.07. The van der Waals surface area contributed by atoms with Gasteiger partial charge >= 0.3 is 0 Å². The Morgan fingerprint density at radius 1 is 1.00 bits per heavy atom. The number of pyridine rings is 1. The molecule has 0 saturated carbocycles. The molecule has 0 amide bonds. The van der Waals surface area contributed by atoms with Crippen molar-refractivity contribution >= 4 is 0 Å². The van der Waals surface area contributed by atoms with E-state index in [0.29, 0.717) is 11.5 Å². The molecular weight excluding hydrogens is 266 g/mol. The van der Waals surface area contributed by atoms with E-state index in [1.165, 1.54) is 6.07 Å². The fourth-order valence-corrected chi connectivity index (χ4v) is 2.01. The average Bonchev–Trinajstić information content (AvgIpc) is 2.55. The van der Waals surface area contributed by atoms with E-state index in [4.69, 9.17) is 4.74 Å². The number of hydrogen-bond donors (Lipinski definition) is 1. The lowest BCUT2D eigenvalue weighted by Crippen LogP contribution is -2.08. The minimum Gasteiger partial charge on any atom is -0.497 e. The van der Waals surface area contributed by atoms with E-state index in [9.17, 15) is 4.79 Å². The third-order valence-electron chi connectivity index (χ3n) is 3.08. The van der Waals surface area contributed by atoms with Gasteiger partial charge in [0.05, 0.1) is 12.8 Å². The zero-order valence-corrected chi connectivity index (χ0v) is 11.4. The maximum absolute atomic E-state index is 11.8. The Hall–Kier alpha value is -2.95. The van der Waals surface area contributed by atoms with E-state index in [1.54, 1.807) is 19.5 Å². The molecule has 0 radical (unpaired) electrons. The van der Waals surface area contributed by atoms with Crippen molar-refractivity contribution in [2.24, 2.45) is 0 Å². The molecule has 0 bridgehead atoms. The first-order valence-corrected chi connectivity index (χ1v) is 6.42. The predicted octanol–water partition coefficient (Wildman–Crippen LogP) is 2.51. The number of nitrogens with one attached hydrogen (secondary N) is 1. The third-order valence-corrected chi connectivity index (χ3v) is 3.08. The first-order valence-electron chi connectivity index (χ1n) is 6.42. The topological polar surface area (TPSA) is 67.9 Å². The van der Waals surface area contributed by atoms with Crippen molar-refractivity contribution in [3.05, 3.63) is 65.2 Å². The molecule has 5 heteroatoms. The first-order chi connectivity index (χ1) is 10.3. The van der Waals surface area contributed by atoms with Crippen molar-refractivity contribution in [2.45, 2.75) is 0 Å². The first kappa shape index (κ1) is 13.1. The zero-order chi connectivity index (χ0) is 14.7. The molecule has 1 aromatic carbocycles. The highest BCUT2D eigenvalue weighted by Gasteiger charge is 2.06. The molecule has 0 aliphatic carbocycles. The second-order valence-corrected chi connectivity index (χ2v) is 4.44. The molecule has 2 heterocycles. The average molecular weight is 279 g/mol. The van der Waals surface area contributed by atoms with Crippen molar-refractivity contribution in [1.29, 1.82) is 0 Å². The number of aromatic amines is 1. The molecule has 3 aromatic rings. The zero-order valence-electron chi connectivity index (χ0n) is 11.4. The molecule has 0 aliphatic rings. The van der Waals surface area contributed by atoms with Crippen LogP contribution >= 0.6 is 0 Å². The van der Waals surface area contributed by atoms with Crippen molar-refractivity contribution in [2.75, 3.05) is 7.11 Å². The number of rotatable bonds is 3. The van der Waals surface area contributed by atoms with Crippen LogP contribution in [0, 0.1) is 0 Å². The number of methoxy groups -OCH3 is 1. The second-order valence-electron chi connectivity index (χ2n) is 4.44. The van der Waals surface area contributed by atoms with E-state index in [0.717, 1.165) is 16.9 Å². The number of ether oxygens (including phenoxy) is 1. The molecule has 1 N–H and O–H groups in total. The van der Waals surface area contributed by atoms with Crippen LogP contribution in [0.4, 0.5) is 0 Å². The molecule has 0 atom stereocenters. The summed E-state index contributed by atoms with van der Waals surface area (Å²) < 4.78 is 5.12. The van der Waals surface area contributed by atoms with Crippen LogP contribution in [0.1, 0.15) is 0 Å². The van der Waals surface area contributed by atoms with Crippen LogP contribution in [0.15, 0.2) is 59.7 Å². The molecule has 2 aromatic heterocycles. The van der Waals surface area contributed by atoms with Gasteiger partial charge in [-0.05, 0) is 36.4 Å². The van der Waals surface area contributed by atoms with Gasteiger partial charge in [0.2, 0.25) is 0 Å². The van der Waals surface area contributed by atoms with Gasteiger partial charge in [-0.2, -0.15) is 0 Å². The van der Waals surface area contributed by atoms with Crippen molar-refractivity contribution < 1.29 is 4.74 Å². The number of nitrogens with zero attached hydrogens (tertiary/aromatic N) is 2. The van der Waals surface area contributed by atoms with Gasteiger partial charge in [-0.15, -0.1) is 0 Å². The lowest BCUT2D eigenvalue weighted by atomic mass is 10.1. The van der Waals surface area contributed by atoms with Gasteiger partial charge in [0.1, 0.15) is 11.6 Å². The maximum atomic E-state index is 11.8. The fourth-order valence-electron chi connectivity index (χ4n) is 2.01. The van der Waals surface area contributed by atoms with E-state index < -0.39 is 0 Å². The Morgan fingerprint density at radius 2 is 1.71 bits per heavy atom. The molecule has 21 heavy (non-hydrogen) atoms. The summed E-state index contributed by atoms with van der Waals surface area (Å²) in [6.07, 6.45) is 3.34. The van der Waals surface area contributed by atoms with Crippen LogP contribution in [-0.4, -0.2) is 22.1 Å². The minimum absolute atomic E-state index is 0.192. The van der Waals surface area contributed by atoms with E-state index >= 15 is 0 Å². The van der Waals surface area contributed by atoms with Crippen LogP contribution in [-0.2, 0) is 0 Å². The summed E-state index contributed by atoms with van der Waals surface area (Å²) in [6, 6.07) is 12.5. The monoisotopic (exact) mass is 279 g/mol. The van der Waals surface area contributed by atoms with Gasteiger partial charge in [0.25, 0.3) is 5.56 Å². The van der Waals surface area contributed by atoms with Crippen LogP contribution < -0.4 is 10.3 Å². The van der Waals surface area contributed by atoms with Crippen molar-refractivity contribution in [3.63, 3.8) is 0 Å². The summed E-state index contributed by atoms with van der Waals surface area (Å²) in [5.41, 5.74) is 2.10. The molecule has 0 unspecified atom stereocenters. The molecule has 0 spiro atoms. The molecule has 0 saturated heterocycles. The number of aromatic nitrogens is 3. The van der Waals surface area contributed by atoms with Crippen LogP contribution in [0.5, 0.6) is 5.75 Å². The number of benzene rings is 1. The van der Waals surface area contributed by atoms with Crippen LogP contribution in [0.3, 0.4) is 0 Å². The van der Waals surface area contributed by atoms with Gasteiger partial charge in [-0.3, -0.25) is 9.78 Å². The summed E-state index contributed by atoms with van der Waals surface area (Å²) in [5.74, 6) is 1.28. The molecule has 0 aliphatic heterocycles. The Kier molecular flexibility index (Phi) is 3.47. The predicted molar refractivity (Wildman–Crippen MR) is 80.1 cm³/mol. The summed E-state index contributed by atoms with van der Waals surface area (Å²) in [6.45, 7) is 0. The van der Waals surface area contributed by atoms with Crippen LogP contribution in [0.2, 0.25) is 0 Å². The molecule has 3 rings (SSSR count). The van der Waals surface area contributed by atoms with E-state index in [2.05, 4.69) is 15.0 Å². The van der Waals surface area contributed by atoms with Crippen molar-refractivity contribution in [1.82, 2.24) is 15.0 Å². The lowest BCUT2D eigenvalue weighted by molar-refractivity contribution is 0.415. The maximum Gasteiger partial charge on any atom is 0.251 e. The number of hydrogen-bond acceptors (Lipinski definition) is 4. The van der Waals surface area contributed by atoms with Crippen molar-refractivity contribution in [3.8, 4) is 28.4 Å². The Bertz CT molecular complexity index is 796. The summed E-state index contributed by atoms with van der Waals surface area (Å²) in [4.78, 5) is 23.1. The molecule has 5 nitrogen and oxygen atoms in total. The minimum atomic E-state index is -0.192. The lowest BCUT2D eigenvalue weighted by Gasteiger charge is -2.05. The largest absolute Gasteiger partial charge is 0.497 e. The quantitative estimate of drug-likeness (QED) is 0.800. The normalized spacial score (nSPS) is 10.3. The van der Waals surface area contributed by atoms with Gasteiger partial charge in [-0.1, -0.05) is 0 Å². The molecule has 104 valence electrons.